The van der Waals surface area contributed by atoms with Crippen LogP contribution in [0.5, 0.6) is 5.75 Å². The molecule has 9 heteroatoms. The SMILES string of the molecule is CCOC(=O)C1=C(Nc2ccc(OCCN(C)C)cc2C)O/C(=C\c2c[nH]c3ncccc23)C1=O. The summed E-state index contributed by atoms with van der Waals surface area (Å²) in [6, 6.07) is 9.21. The normalized spacial score (nSPS) is 14.7. The molecule has 1 aliphatic rings. The lowest BCUT2D eigenvalue weighted by molar-refractivity contribution is -0.139. The number of ketones is 1. The summed E-state index contributed by atoms with van der Waals surface area (Å²) in [7, 11) is 3.97. The number of aromatic amines is 1. The number of Topliss-reactive ketones (excluding diaryl/α,β-unsaturated/α-hetero) is 1. The lowest BCUT2D eigenvalue weighted by Gasteiger charge is -2.14. The first kappa shape index (κ1) is 24.0. The Kier molecular flexibility index (Phi) is 7.17. The van der Waals surface area contributed by atoms with Crippen LogP contribution in [0.1, 0.15) is 18.1 Å². The van der Waals surface area contributed by atoms with Gasteiger partial charge in [-0.15, -0.1) is 0 Å². The molecule has 0 amide bonds. The summed E-state index contributed by atoms with van der Waals surface area (Å²) in [6.45, 7) is 5.08. The van der Waals surface area contributed by atoms with Crippen LogP contribution in [-0.4, -0.2) is 60.5 Å². The van der Waals surface area contributed by atoms with Gasteiger partial charge in [0.2, 0.25) is 11.7 Å². The fraction of sp³-hybridized carbons (Fsp3) is 0.269. The van der Waals surface area contributed by atoms with Gasteiger partial charge in [0.15, 0.2) is 11.3 Å². The van der Waals surface area contributed by atoms with E-state index in [1.807, 2.05) is 50.2 Å². The number of pyridine rings is 1. The number of hydrogen-bond acceptors (Lipinski definition) is 8. The number of nitrogens with one attached hydrogen (secondary N) is 2. The van der Waals surface area contributed by atoms with Crippen LogP contribution in [0.25, 0.3) is 17.1 Å². The number of allylic oxidation sites excluding steroid dienone is 1. The third-order valence-electron chi connectivity index (χ3n) is 5.39. The number of aryl methyl sites for hydroxylation is 1. The van der Waals surface area contributed by atoms with E-state index in [-0.39, 0.29) is 23.8 Å². The molecular formula is C26H28N4O5. The van der Waals surface area contributed by atoms with E-state index in [0.717, 1.165) is 28.8 Å². The second-order valence-corrected chi connectivity index (χ2v) is 8.26. The quantitative estimate of drug-likeness (QED) is 0.274. The van der Waals surface area contributed by atoms with E-state index in [9.17, 15) is 9.59 Å². The van der Waals surface area contributed by atoms with Gasteiger partial charge in [-0.3, -0.25) is 4.79 Å². The molecule has 35 heavy (non-hydrogen) atoms. The molecule has 2 aromatic heterocycles. The van der Waals surface area contributed by atoms with Crippen molar-refractivity contribution in [3.8, 4) is 5.75 Å². The summed E-state index contributed by atoms with van der Waals surface area (Å²) in [4.78, 5) is 35.2. The molecule has 1 aliphatic heterocycles. The third kappa shape index (κ3) is 5.36. The highest BCUT2D eigenvalue weighted by Crippen LogP contribution is 2.31. The highest BCUT2D eigenvalue weighted by atomic mass is 16.5. The van der Waals surface area contributed by atoms with Crippen molar-refractivity contribution in [1.82, 2.24) is 14.9 Å². The van der Waals surface area contributed by atoms with Crippen LogP contribution in [0.15, 0.2) is 59.9 Å². The zero-order chi connectivity index (χ0) is 24.9. The number of H-pyrrole nitrogens is 1. The van der Waals surface area contributed by atoms with E-state index in [4.69, 9.17) is 14.2 Å². The van der Waals surface area contributed by atoms with Crippen LogP contribution < -0.4 is 10.1 Å². The molecule has 0 fully saturated rings. The number of likely N-dealkylation sites (N-methyl/N-ethyl adjacent to an activating group) is 1. The van der Waals surface area contributed by atoms with Crippen molar-refractivity contribution >= 4 is 34.5 Å². The van der Waals surface area contributed by atoms with E-state index in [1.54, 1.807) is 31.5 Å². The topological polar surface area (TPSA) is 106 Å². The van der Waals surface area contributed by atoms with Gasteiger partial charge in [0.25, 0.3) is 0 Å². The smallest absolute Gasteiger partial charge is 0.347 e. The molecule has 4 rings (SSSR count). The summed E-state index contributed by atoms with van der Waals surface area (Å²) in [5, 5.41) is 3.92. The molecular weight excluding hydrogens is 448 g/mol. The van der Waals surface area contributed by atoms with Crippen molar-refractivity contribution in [3.05, 3.63) is 71.1 Å². The first-order valence-electron chi connectivity index (χ1n) is 11.3. The Morgan fingerprint density at radius 3 is 2.86 bits per heavy atom. The Balaban J connectivity index is 1.60. The molecule has 3 heterocycles. The molecule has 3 aromatic rings. The zero-order valence-electron chi connectivity index (χ0n) is 20.2. The zero-order valence-corrected chi connectivity index (χ0v) is 20.2. The van der Waals surface area contributed by atoms with Crippen LogP contribution in [0.2, 0.25) is 0 Å². The molecule has 0 saturated carbocycles. The number of esters is 1. The Morgan fingerprint density at radius 2 is 2.11 bits per heavy atom. The Bertz CT molecular complexity index is 1320. The molecule has 0 aliphatic carbocycles. The summed E-state index contributed by atoms with van der Waals surface area (Å²) in [5.41, 5.74) is 2.76. The molecule has 2 N–H and O–H groups in total. The van der Waals surface area contributed by atoms with Gasteiger partial charge < -0.3 is 29.4 Å². The Labute approximate surface area is 203 Å². The number of anilines is 1. The maximum atomic E-state index is 13.2. The number of benzene rings is 1. The molecule has 182 valence electrons. The van der Waals surface area contributed by atoms with Crippen molar-refractivity contribution in [1.29, 1.82) is 0 Å². The largest absolute Gasteiger partial charge is 0.492 e. The summed E-state index contributed by atoms with van der Waals surface area (Å²) < 4.78 is 16.8. The molecule has 0 radical (unpaired) electrons. The van der Waals surface area contributed by atoms with Gasteiger partial charge in [0.05, 0.1) is 6.61 Å². The van der Waals surface area contributed by atoms with Crippen molar-refractivity contribution in [2.75, 3.05) is 39.2 Å². The molecule has 0 unspecified atom stereocenters. The van der Waals surface area contributed by atoms with Crippen molar-refractivity contribution in [2.24, 2.45) is 0 Å². The minimum absolute atomic E-state index is 0.0154. The molecule has 0 saturated heterocycles. The van der Waals surface area contributed by atoms with Crippen LogP contribution in [0.4, 0.5) is 5.69 Å². The summed E-state index contributed by atoms with van der Waals surface area (Å²) in [5.74, 6) is -0.522. The van der Waals surface area contributed by atoms with Gasteiger partial charge in [-0.05, 0) is 69.9 Å². The summed E-state index contributed by atoms with van der Waals surface area (Å²) in [6.07, 6.45) is 5.00. The fourth-order valence-electron chi connectivity index (χ4n) is 3.58. The van der Waals surface area contributed by atoms with E-state index in [0.29, 0.717) is 17.9 Å². The highest BCUT2D eigenvalue weighted by Gasteiger charge is 2.37. The third-order valence-corrected chi connectivity index (χ3v) is 5.39. The molecule has 9 nitrogen and oxygen atoms in total. The highest BCUT2D eigenvalue weighted by molar-refractivity contribution is 6.26. The number of carbonyl (C=O) groups is 2. The minimum Gasteiger partial charge on any atom is -0.492 e. The van der Waals surface area contributed by atoms with Crippen molar-refractivity contribution in [2.45, 2.75) is 13.8 Å². The lowest BCUT2D eigenvalue weighted by atomic mass is 10.1. The lowest BCUT2D eigenvalue weighted by Crippen LogP contribution is -2.19. The van der Waals surface area contributed by atoms with Crippen molar-refractivity contribution in [3.63, 3.8) is 0 Å². The van der Waals surface area contributed by atoms with Crippen LogP contribution in [0, 0.1) is 6.92 Å². The van der Waals surface area contributed by atoms with Crippen LogP contribution in [-0.2, 0) is 19.1 Å². The van der Waals surface area contributed by atoms with Gasteiger partial charge in [-0.25, -0.2) is 9.78 Å². The Hall–Kier alpha value is -4.11. The first-order valence-corrected chi connectivity index (χ1v) is 11.3. The molecule has 0 atom stereocenters. The Morgan fingerprint density at radius 1 is 1.29 bits per heavy atom. The van der Waals surface area contributed by atoms with Crippen molar-refractivity contribution < 1.29 is 23.8 Å². The van der Waals surface area contributed by atoms with Gasteiger partial charge in [0, 0.05) is 35.6 Å². The molecule has 0 spiro atoms. The van der Waals surface area contributed by atoms with Gasteiger partial charge in [-0.1, -0.05) is 0 Å². The second kappa shape index (κ2) is 10.4. The number of fused-ring (bicyclic) bond motifs is 1. The van der Waals surface area contributed by atoms with Crippen LogP contribution >= 0.6 is 0 Å². The van der Waals surface area contributed by atoms with Gasteiger partial charge >= 0.3 is 5.97 Å². The maximum absolute atomic E-state index is 13.2. The molecule has 0 bridgehead atoms. The number of nitrogens with zero attached hydrogens (tertiary/aromatic N) is 2. The number of ether oxygens (including phenoxy) is 3. The second-order valence-electron chi connectivity index (χ2n) is 8.26. The fourth-order valence-corrected chi connectivity index (χ4v) is 3.58. The average Bonchev–Trinajstić information content (AvgIpc) is 3.36. The predicted molar refractivity (Wildman–Crippen MR) is 133 cm³/mol. The number of rotatable bonds is 9. The standard InChI is InChI=1S/C26H28N4O5/c1-5-33-26(32)22-23(31)21(14-17-15-28-24-19(17)7-6-10-27-24)35-25(22)29-20-9-8-18(13-16(20)2)34-12-11-30(3)4/h6-10,13-15,29H,5,11-12H2,1-4H3,(H,27,28)/b21-14-. The van der Waals surface area contributed by atoms with Gasteiger partial charge in [-0.2, -0.15) is 0 Å². The average molecular weight is 477 g/mol. The number of hydrogen-bond donors (Lipinski definition) is 2. The van der Waals surface area contributed by atoms with E-state index < -0.39 is 11.8 Å². The number of carbonyl (C=O) groups excluding carboxylic acids is 2. The monoisotopic (exact) mass is 476 g/mol. The van der Waals surface area contributed by atoms with Crippen LogP contribution in [0.3, 0.4) is 0 Å². The number of aromatic nitrogens is 2. The molecule has 1 aromatic carbocycles. The van der Waals surface area contributed by atoms with E-state index in [1.165, 1.54) is 0 Å². The van der Waals surface area contributed by atoms with E-state index >= 15 is 0 Å². The minimum atomic E-state index is -0.745. The first-order chi connectivity index (χ1) is 16.9. The summed E-state index contributed by atoms with van der Waals surface area (Å²) >= 11 is 0. The van der Waals surface area contributed by atoms with E-state index in [2.05, 4.69) is 15.3 Å². The predicted octanol–water partition coefficient (Wildman–Crippen LogP) is 3.64. The maximum Gasteiger partial charge on any atom is 0.347 e. The van der Waals surface area contributed by atoms with Gasteiger partial charge in [0.1, 0.15) is 18.0 Å².